The quantitative estimate of drug-likeness (QED) is 0.380. The van der Waals surface area contributed by atoms with Crippen LogP contribution in [0.5, 0.6) is 0 Å². The van der Waals surface area contributed by atoms with Crippen LogP contribution in [0, 0.1) is 0 Å². The number of benzene rings is 3. The number of nitrogen functional groups attached to an aromatic ring is 1. The number of H-pyrrole nitrogens is 1. The van der Waals surface area contributed by atoms with Crippen molar-refractivity contribution in [3.05, 3.63) is 91.3 Å². The molecular formula is C24H19N5. The number of hydrogen-bond acceptors (Lipinski definition) is 4. The van der Waals surface area contributed by atoms with E-state index in [-0.39, 0.29) is 0 Å². The molecule has 140 valence electrons. The molecule has 5 aromatic rings. The Balaban J connectivity index is 1.49. The van der Waals surface area contributed by atoms with E-state index < -0.39 is 0 Å². The monoisotopic (exact) mass is 377 g/mol. The second kappa shape index (κ2) is 7.13. The molecule has 0 bridgehead atoms. The Kier molecular flexibility index (Phi) is 4.18. The molecule has 0 unspecified atom stereocenters. The van der Waals surface area contributed by atoms with Crippen LogP contribution >= 0.6 is 0 Å². The molecule has 5 nitrogen and oxygen atoms in total. The summed E-state index contributed by atoms with van der Waals surface area (Å²) in [6.45, 7) is 0. The van der Waals surface area contributed by atoms with Crippen LogP contribution in [-0.4, -0.2) is 15.0 Å². The lowest BCUT2D eigenvalue weighted by atomic mass is 10.0. The highest BCUT2D eigenvalue weighted by Gasteiger charge is 2.09. The first-order valence-corrected chi connectivity index (χ1v) is 9.39. The van der Waals surface area contributed by atoms with Gasteiger partial charge < -0.3 is 16.0 Å². The molecule has 29 heavy (non-hydrogen) atoms. The van der Waals surface area contributed by atoms with Gasteiger partial charge in [0.25, 0.3) is 0 Å². The topological polar surface area (TPSA) is 79.6 Å². The summed E-state index contributed by atoms with van der Waals surface area (Å²) in [6.07, 6.45) is 3.63. The lowest BCUT2D eigenvalue weighted by Gasteiger charge is -2.11. The first-order valence-electron chi connectivity index (χ1n) is 9.39. The van der Waals surface area contributed by atoms with Crippen molar-refractivity contribution in [3.8, 4) is 22.4 Å². The predicted octanol–water partition coefficient (Wildman–Crippen LogP) is 5.62. The van der Waals surface area contributed by atoms with Gasteiger partial charge in [-0.2, -0.15) is 0 Å². The van der Waals surface area contributed by atoms with Gasteiger partial charge in [0.2, 0.25) is 0 Å². The fourth-order valence-electron chi connectivity index (χ4n) is 3.39. The lowest BCUT2D eigenvalue weighted by Crippen LogP contribution is -2.02. The molecule has 5 rings (SSSR count). The first kappa shape index (κ1) is 17.0. The van der Waals surface area contributed by atoms with Crippen molar-refractivity contribution >= 4 is 28.2 Å². The van der Waals surface area contributed by atoms with Crippen LogP contribution < -0.4 is 11.1 Å². The van der Waals surface area contributed by atoms with Gasteiger partial charge in [-0.1, -0.05) is 48.5 Å². The average Bonchev–Trinajstić information content (AvgIpc) is 3.24. The fourth-order valence-corrected chi connectivity index (χ4v) is 3.39. The van der Waals surface area contributed by atoms with Gasteiger partial charge in [-0.25, -0.2) is 9.97 Å². The Morgan fingerprint density at radius 1 is 0.793 bits per heavy atom. The summed E-state index contributed by atoms with van der Waals surface area (Å²) in [5.41, 5.74) is 12.1. The molecule has 3 aromatic carbocycles. The summed E-state index contributed by atoms with van der Waals surface area (Å²) in [4.78, 5) is 12.3. The minimum Gasteiger partial charge on any atom is -0.381 e. The van der Waals surface area contributed by atoms with Crippen molar-refractivity contribution in [1.82, 2.24) is 15.0 Å². The second-order valence-corrected chi connectivity index (χ2v) is 6.84. The van der Waals surface area contributed by atoms with E-state index in [1.807, 2.05) is 54.7 Å². The third-order valence-electron chi connectivity index (χ3n) is 4.88. The van der Waals surface area contributed by atoms with E-state index in [1.165, 1.54) is 0 Å². The van der Waals surface area contributed by atoms with Crippen molar-refractivity contribution in [2.24, 2.45) is 0 Å². The number of aromatic amines is 1. The largest absolute Gasteiger partial charge is 0.381 e. The van der Waals surface area contributed by atoms with E-state index in [9.17, 15) is 0 Å². The molecule has 5 heteroatoms. The van der Waals surface area contributed by atoms with Crippen LogP contribution in [-0.2, 0) is 0 Å². The normalized spacial score (nSPS) is 10.9. The minimum absolute atomic E-state index is 0.363. The van der Waals surface area contributed by atoms with Gasteiger partial charge in [0.1, 0.15) is 0 Å². The van der Waals surface area contributed by atoms with Gasteiger partial charge in [-0.05, 0) is 41.5 Å². The average molecular weight is 377 g/mol. The molecule has 0 amide bonds. The highest BCUT2D eigenvalue weighted by molar-refractivity contribution is 5.84. The van der Waals surface area contributed by atoms with Gasteiger partial charge in [0.05, 0.1) is 11.9 Å². The first-order chi connectivity index (χ1) is 14.3. The van der Waals surface area contributed by atoms with Gasteiger partial charge in [-0.3, -0.25) is 0 Å². The number of rotatable bonds is 4. The third-order valence-corrected chi connectivity index (χ3v) is 4.88. The lowest BCUT2D eigenvalue weighted by molar-refractivity contribution is 1.21. The van der Waals surface area contributed by atoms with Crippen LogP contribution in [0.25, 0.3) is 33.3 Å². The standard InChI is InChI=1S/C24H19N5/c25-23-24(28-20-9-10-21-19(14-20)11-12-26-21)29-22(15-27-23)18-8-4-7-17(13-18)16-5-2-1-3-6-16/h1-15,26H,(H2,25,27)(H,28,29). The second-order valence-electron chi connectivity index (χ2n) is 6.84. The molecule has 0 aliphatic carbocycles. The molecule has 0 spiro atoms. The smallest absolute Gasteiger partial charge is 0.173 e. The number of nitrogens with zero attached hydrogens (tertiary/aromatic N) is 2. The van der Waals surface area contributed by atoms with Crippen LogP contribution in [0.15, 0.2) is 91.3 Å². The number of fused-ring (bicyclic) bond motifs is 1. The van der Waals surface area contributed by atoms with Gasteiger partial charge >= 0.3 is 0 Å². The van der Waals surface area contributed by atoms with E-state index in [1.54, 1.807) is 6.20 Å². The zero-order valence-electron chi connectivity index (χ0n) is 15.6. The summed E-state index contributed by atoms with van der Waals surface area (Å²) in [7, 11) is 0. The van der Waals surface area contributed by atoms with Crippen molar-refractivity contribution in [1.29, 1.82) is 0 Å². The summed E-state index contributed by atoms with van der Waals surface area (Å²) >= 11 is 0. The van der Waals surface area contributed by atoms with Crippen LogP contribution in [0.1, 0.15) is 0 Å². The van der Waals surface area contributed by atoms with Crippen molar-refractivity contribution in [2.45, 2.75) is 0 Å². The fraction of sp³-hybridized carbons (Fsp3) is 0. The van der Waals surface area contributed by atoms with Gasteiger partial charge in [0, 0.05) is 28.4 Å². The summed E-state index contributed by atoms with van der Waals surface area (Å²) in [5.74, 6) is 0.907. The van der Waals surface area contributed by atoms with E-state index in [0.29, 0.717) is 11.6 Å². The maximum absolute atomic E-state index is 6.09. The highest BCUT2D eigenvalue weighted by Crippen LogP contribution is 2.28. The summed E-state index contributed by atoms with van der Waals surface area (Å²) in [5, 5.41) is 4.42. The van der Waals surface area contributed by atoms with Crippen LogP contribution in [0.2, 0.25) is 0 Å². The van der Waals surface area contributed by atoms with Gasteiger partial charge in [0.15, 0.2) is 11.6 Å². The molecule has 4 N–H and O–H groups in total. The molecule has 0 saturated heterocycles. The van der Waals surface area contributed by atoms with E-state index in [2.05, 4.69) is 45.6 Å². The maximum Gasteiger partial charge on any atom is 0.173 e. The van der Waals surface area contributed by atoms with Crippen molar-refractivity contribution in [3.63, 3.8) is 0 Å². The molecule has 0 fully saturated rings. The van der Waals surface area contributed by atoms with Gasteiger partial charge in [-0.15, -0.1) is 0 Å². The molecule has 0 atom stereocenters. The minimum atomic E-state index is 0.363. The zero-order chi connectivity index (χ0) is 19.6. The van der Waals surface area contributed by atoms with E-state index >= 15 is 0 Å². The third kappa shape index (κ3) is 3.41. The Bertz CT molecular complexity index is 1290. The van der Waals surface area contributed by atoms with Crippen molar-refractivity contribution < 1.29 is 0 Å². The Morgan fingerprint density at radius 3 is 2.52 bits per heavy atom. The molecule has 0 aliphatic heterocycles. The number of anilines is 3. The molecular weight excluding hydrogens is 358 g/mol. The molecule has 0 radical (unpaired) electrons. The Morgan fingerprint density at radius 2 is 1.62 bits per heavy atom. The molecule has 0 saturated carbocycles. The number of nitrogens with two attached hydrogens (primary N) is 1. The SMILES string of the molecule is Nc1ncc(-c2cccc(-c3ccccc3)c2)nc1Nc1ccc2[nH]ccc2c1. The van der Waals surface area contributed by atoms with Crippen LogP contribution in [0.3, 0.4) is 0 Å². The molecule has 2 aromatic heterocycles. The van der Waals surface area contributed by atoms with E-state index in [0.717, 1.165) is 39.0 Å². The summed E-state index contributed by atoms with van der Waals surface area (Å²) in [6, 6.07) is 26.6. The molecule has 2 heterocycles. The summed E-state index contributed by atoms with van der Waals surface area (Å²) < 4.78 is 0. The predicted molar refractivity (Wildman–Crippen MR) is 119 cm³/mol. The van der Waals surface area contributed by atoms with E-state index in [4.69, 9.17) is 10.7 Å². The maximum atomic E-state index is 6.09. The highest BCUT2D eigenvalue weighted by atomic mass is 15.1. The number of nitrogens with one attached hydrogen (secondary N) is 2. The number of hydrogen-bond donors (Lipinski definition) is 3. The Labute approximate surface area is 168 Å². The zero-order valence-corrected chi connectivity index (χ0v) is 15.6. The number of aromatic nitrogens is 3. The Hall–Kier alpha value is -4.12. The van der Waals surface area contributed by atoms with Crippen molar-refractivity contribution in [2.75, 3.05) is 11.1 Å². The molecule has 0 aliphatic rings. The van der Waals surface area contributed by atoms with Crippen LogP contribution in [0.4, 0.5) is 17.3 Å².